The van der Waals surface area contributed by atoms with Crippen molar-refractivity contribution in [3.05, 3.63) is 39.8 Å². The Morgan fingerprint density at radius 2 is 2.00 bits per heavy atom. The van der Waals surface area contributed by atoms with Crippen molar-refractivity contribution in [3.63, 3.8) is 0 Å². The molecule has 0 aliphatic carbocycles. The van der Waals surface area contributed by atoms with Crippen LogP contribution in [0.2, 0.25) is 0 Å². The van der Waals surface area contributed by atoms with E-state index in [9.17, 15) is 13.2 Å². The van der Waals surface area contributed by atoms with E-state index >= 15 is 0 Å². The third kappa shape index (κ3) is 2.68. The summed E-state index contributed by atoms with van der Waals surface area (Å²) >= 11 is 0.906. The van der Waals surface area contributed by atoms with E-state index in [1.54, 1.807) is 24.3 Å². The minimum absolute atomic E-state index is 0.0000383. The Bertz CT molecular complexity index is 657. The van der Waals surface area contributed by atoms with E-state index in [0.717, 1.165) is 11.3 Å². The molecule has 0 bridgehead atoms. The fourth-order valence-electron chi connectivity index (χ4n) is 2.01. The molecule has 1 atom stereocenters. The highest BCUT2D eigenvalue weighted by Crippen LogP contribution is 2.40. The van der Waals surface area contributed by atoms with E-state index in [-0.39, 0.29) is 23.0 Å². The molecule has 1 unspecified atom stereocenters. The van der Waals surface area contributed by atoms with E-state index in [1.165, 1.54) is 0 Å². The minimum atomic E-state index is -4.52. The van der Waals surface area contributed by atoms with Gasteiger partial charge in [-0.15, -0.1) is 11.3 Å². The Kier molecular flexibility index (Phi) is 3.50. The predicted molar refractivity (Wildman–Crippen MR) is 70.3 cm³/mol. The number of fused-ring (bicyclic) bond motifs is 1. The van der Waals surface area contributed by atoms with Crippen LogP contribution < -0.4 is 15.2 Å². The fraction of sp³-hybridized carbons (Fsp3) is 0.308. The Morgan fingerprint density at radius 3 is 2.62 bits per heavy atom. The van der Waals surface area contributed by atoms with Crippen LogP contribution in [0.5, 0.6) is 11.5 Å². The normalized spacial score (nSPS) is 17.8. The maximum absolute atomic E-state index is 12.9. The minimum Gasteiger partial charge on any atom is -0.485 e. The van der Waals surface area contributed by atoms with E-state index < -0.39 is 18.0 Å². The van der Waals surface area contributed by atoms with Crippen LogP contribution in [0.25, 0.3) is 0 Å². The number of nitrogens with zero attached hydrogens (tertiary/aromatic N) is 1. The SMILES string of the molecule is NCc1sc(C2COc3ccccc3O2)nc1C(F)(F)F. The largest absolute Gasteiger partial charge is 0.485 e. The summed E-state index contributed by atoms with van der Waals surface area (Å²) in [7, 11) is 0. The van der Waals surface area contributed by atoms with Gasteiger partial charge in [-0.2, -0.15) is 13.2 Å². The summed E-state index contributed by atoms with van der Waals surface area (Å²) < 4.78 is 49.8. The van der Waals surface area contributed by atoms with Gasteiger partial charge < -0.3 is 15.2 Å². The molecule has 0 fully saturated rings. The van der Waals surface area contributed by atoms with E-state index in [0.29, 0.717) is 11.5 Å². The molecular formula is C13H11F3N2O2S. The van der Waals surface area contributed by atoms with Crippen LogP contribution in [-0.4, -0.2) is 11.6 Å². The first-order chi connectivity index (χ1) is 9.99. The molecule has 1 aliphatic rings. The topological polar surface area (TPSA) is 57.4 Å². The fourth-order valence-corrected chi connectivity index (χ4v) is 2.99. The predicted octanol–water partition coefficient (Wildman–Crippen LogP) is 3.13. The number of ether oxygens (including phenoxy) is 2. The molecule has 21 heavy (non-hydrogen) atoms. The third-order valence-corrected chi connectivity index (χ3v) is 4.12. The number of halogens is 3. The number of thiazole rings is 1. The maximum atomic E-state index is 12.9. The van der Waals surface area contributed by atoms with Gasteiger partial charge in [0.1, 0.15) is 11.6 Å². The molecule has 112 valence electrons. The van der Waals surface area contributed by atoms with Gasteiger partial charge >= 0.3 is 6.18 Å². The summed E-state index contributed by atoms with van der Waals surface area (Å²) in [4.78, 5) is 3.66. The highest BCUT2D eigenvalue weighted by Gasteiger charge is 2.38. The highest BCUT2D eigenvalue weighted by molar-refractivity contribution is 7.11. The Hall–Kier alpha value is -1.80. The lowest BCUT2D eigenvalue weighted by molar-refractivity contribution is -0.141. The lowest BCUT2D eigenvalue weighted by atomic mass is 10.2. The first-order valence-corrected chi connectivity index (χ1v) is 6.96. The lowest BCUT2D eigenvalue weighted by Gasteiger charge is -2.24. The van der Waals surface area contributed by atoms with Crippen LogP contribution in [0.15, 0.2) is 24.3 Å². The van der Waals surface area contributed by atoms with Gasteiger partial charge in [-0.3, -0.25) is 0 Å². The van der Waals surface area contributed by atoms with E-state index in [1.807, 2.05) is 0 Å². The van der Waals surface area contributed by atoms with Crippen LogP contribution in [0.1, 0.15) is 21.7 Å². The van der Waals surface area contributed by atoms with Crippen LogP contribution in [0.3, 0.4) is 0 Å². The van der Waals surface area contributed by atoms with E-state index in [2.05, 4.69) is 4.98 Å². The van der Waals surface area contributed by atoms with Gasteiger partial charge in [-0.1, -0.05) is 12.1 Å². The summed E-state index contributed by atoms with van der Waals surface area (Å²) in [6.45, 7) is -0.0947. The summed E-state index contributed by atoms with van der Waals surface area (Å²) in [5, 5.41) is 0.220. The van der Waals surface area contributed by atoms with Crippen LogP contribution in [0, 0.1) is 0 Å². The van der Waals surface area contributed by atoms with Gasteiger partial charge in [0.15, 0.2) is 23.3 Å². The molecule has 1 aromatic heterocycles. The zero-order valence-corrected chi connectivity index (χ0v) is 11.5. The molecule has 4 nitrogen and oxygen atoms in total. The molecule has 2 heterocycles. The molecule has 3 rings (SSSR count). The van der Waals surface area contributed by atoms with Crippen molar-refractivity contribution in [2.24, 2.45) is 5.73 Å². The number of hydrogen-bond acceptors (Lipinski definition) is 5. The van der Waals surface area contributed by atoms with Crippen LogP contribution in [0.4, 0.5) is 13.2 Å². The molecule has 0 saturated heterocycles. The van der Waals surface area contributed by atoms with E-state index in [4.69, 9.17) is 15.2 Å². The second-order valence-corrected chi connectivity index (χ2v) is 5.51. The van der Waals surface area contributed by atoms with Gasteiger partial charge in [-0.25, -0.2) is 4.98 Å². The van der Waals surface area contributed by atoms with Gasteiger partial charge in [0.25, 0.3) is 0 Å². The average Bonchev–Trinajstić information content (AvgIpc) is 2.91. The van der Waals surface area contributed by atoms with Crippen molar-refractivity contribution in [2.75, 3.05) is 6.61 Å². The van der Waals surface area contributed by atoms with Crippen molar-refractivity contribution in [3.8, 4) is 11.5 Å². The number of para-hydroxylation sites is 2. The molecule has 0 amide bonds. The van der Waals surface area contributed by atoms with Crippen molar-refractivity contribution < 1.29 is 22.6 Å². The first-order valence-electron chi connectivity index (χ1n) is 6.14. The van der Waals surface area contributed by atoms with Crippen LogP contribution in [-0.2, 0) is 12.7 Å². The van der Waals surface area contributed by atoms with Gasteiger partial charge in [-0.05, 0) is 12.1 Å². The summed E-state index contributed by atoms with van der Waals surface area (Å²) in [5.74, 6) is 1.06. The summed E-state index contributed by atoms with van der Waals surface area (Å²) in [5.41, 5.74) is 4.43. The number of hydrogen-bond donors (Lipinski definition) is 1. The Balaban J connectivity index is 1.91. The van der Waals surface area contributed by atoms with Gasteiger partial charge in [0.2, 0.25) is 0 Å². The molecule has 0 spiro atoms. The number of rotatable bonds is 2. The number of alkyl halides is 3. The molecule has 2 aromatic rings. The second kappa shape index (κ2) is 5.19. The standard InChI is InChI=1S/C13H11F3N2O2S/c14-13(15,16)11-10(5-17)21-12(18-11)9-6-19-7-3-1-2-4-8(7)20-9/h1-4,9H,5-6,17H2. The second-order valence-electron chi connectivity index (χ2n) is 4.39. The van der Waals surface area contributed by atoms with Gasteiger partial charge in [0, 0.05) is 6.54 Å². The van der Waals surface area contributed by atoms with Crippen molar-refractivity contribution in [1.82, 2.24) is 4.98 Å². The molecular weight excluding hydrogens is 305 g/mol. The van der Waals surface area contributed by atoms with Crippen molar-refractivity contribution in [1.29, 1.82) is 0 Å². The zero-order chi connectivity index (χ0) is 15.0. The quantitative estimate of drug-likeness (QED) is 0.925. The molecule has 0 saturated carbocycles. The molecule has 1 aliphatic heterocycles. The lowest BCUT2D eigenvalue weighted by Crippen LogP contribution is -2.21. The maximum Gasteiger partial charge on any atom is 0.434 e. The number of nitrogens with two attached hydrogens (primary N) is 1. The number of benzene rings is 1. The molecule has 2 N–H and O–H groups in total. The monoisotopic (exact) mass is 316 g/mol. The van der Waals surface area contributed by atoms with Crippen molar-refractivity contribution >= 4 is 11.3 Å². The average molecular weight is 316 g/mol. The molecule has 1 aromatic carbocycles. The number of aromatic nitrogens is 1. The highest BCUT2D eigenvalue weighted by atomic mass is 32.1. The Labute approximate surface area is 122 Å². The smallest absolute Gasteiger partial charge is 0.434 e. The summed E-state index contributed by atoms with van der Waals surface area (Å²) in [6, 6.07) is 6.99. The molecule has 8 heteroatoms. The summed E-state index contributed by atoms with van der Waals surface area (Å²) in [6.07, 6.45) is -5.18. The molecule has 0 radical (unpaired) electrons. The van der Waals surface area contributed by atoms with Gasteiger partial charge in [0.05, 0.1) is 4.88 Å². The van der Waals surface area contributed by atoms with Crippen molar-refractivity contribution in [2.45, 2.75) is 18.8 Å². The zero-order valence-electron chi connectivity index (χ0n) is 10.7. The third-order valence-electron chi connectivity index (χ3n) is 2.95. The van der Waals surface area contributed by atoms with Crippen LogP contribution >= 0.6 is 11.3 Å². The Morgan fingerprint density at radius 1 is 1.29 bits per heavy atom. The first kappa shape index (κ1) is 14.2.